The highest BCUT2D eigenvalue weighted by Gasteiger charge is 2.33. The molecular formula is C25H26N6O3. The van der Waals surface area contributed by atoms with E-state index >= 15 is 0 Å². The molecule has 1 aromatic carbocycles. The van der Waals surface area contributed by atoms with Crippen LogP contribution in [0.25, 0.3) is 28.4 Å². The first kappa shape index (κ1) is 21.0. The number of para-hydroxylation sites is 1. The first-order valence-electron chi connectivity index (χ1n) is 11.7. The zero-order chi connectivity index (χ0) is 22.9. The van der Waals surface area contributed by atoms with Crippen LogP contribution in [-0.4, -0.2) is 69.9 Å². The quantitative estimate of drug-likeness (QED) is 0.455. The molecule has 1 saturated heterocycles. The Hall–Kier alpha value is -3.56. The van der Waals surface area contributed by atoms with Crippen LogP contribution in [0, 0.1) is 0 Å². The monoisotopic (exact) mass is 458 g/mol. The first-order chi connectivity index (χ1) is 16.8. The third-order valence-electron chi connectivity index (χ3n) is 6.34. The highest BCUT2D eigenvalue weighted by Crippen LogP contribution is 2.42. The molecule has 1 saturated carbocycles. The third kappa shape index (κ3) is 4.20. The van der Waals surface area contributed by atoms with Gasteiger partial charge in [-0.2, -0.15) is 5.10 Å². The second kappa shape index (κ2) is 9.00. The van der Waals surface area contributed by atoms with Gasteiger partial charge in [0.15, 0.2) is 5.76 Å². The van der Waals surface area contributed by atoms with Crippen molar-refractivity contribution in [2.75, 3.05) is 39.4 Å². The van der Waals surface area contributed by atoms with Crippen LogP contribution in [-0.2, 0) is 4.74 Å². The van der Waals surface area contributed by atoms with E-state index in [2.05, 4.69) is 20.3 Å². The van der Waals surface area contributed by atoms with E-state index in [9.17, 15) is 4.79 Å². The van der Waals surface area contributed by atoms with Crippen LogP contribution in [0.15, 0.2) is 53.2 Å². The lowest BCUT2D eigenvalue weighted by molar-refractivity contribution is 0.0383. The van der Waals surface area contributed by atoms with E-state index in [1.165, 1.54) is 0 Å². The molecule has 34 heavy (non-hydrogen) atoms. The van der Waals surface area contributed by atoms with Gasteiger partial charge >= 0.3 is 0 Å². The van der Waals surface area contributed by atoms with Gasteiger partial charge in [-0.15, -0.1) is 0 Å². The molecule has 1 N–H and O–H groups in total. The molecular weight excluding hydrogens is 432 g/mol. The Morgan fingerprint density at radius 2 is 2.00 bits per heavy atom. The smallest absolute Gasteiger partial charge is 0.254 e. The van der Waals surface area contributed by atoms with Crippen molar-refractivity contribution >= 4 is 16.9 Å². The minimum Gasteiger partial charge on any atom is -0.454 e. The van der Waals surface area contributed by atoms with Crippen molar-refractivity contribution in [2.24, 2.45) is 0 Å². The van der Waals surface area contributed by atoms with E-state index in [1.54, 1.807) is 17.1 Å². The maximum Gasteiger partial charge on any atom is 0.254 e. The van der Waals surface area contributed by atoms with Crippen LogP contribution >= 0.6 is 0 Å². The predicted octanol–water partition coefficient (Wildman–Crippen LogP) is 3.01. The highest BCUT2D eigenvalue weighted by atomic mass is 16.5. The van der Waals surface area contributed by atoms with E-state index in [-0.39, 0.29) is 5.91 Å². The van der Waals surface area contributed by atoms with Crippen molar-refractivity contribution < 1.29 is 13.9 Å². The predicted molar refractivity (Wildman–Crippen MR) is 126 cm³/mol. The fraction of sp³-hybridized carbons (Fsp3) is 0.360. The minimum atomic E-state index is -0.102. The number of nitrogens with one attached hydrogen (secondary N) is 1. The number of benzene rings is 1. The standard InChI is InChI=1S/C25H26N6O3/c32-24(26-9-10-30-11-13-33-14-12-30)19-16-28-31(23(19)17-5-6-17)25-27-8-7-20(29-25)22-15-18-3-1-2-4-21(18)34-22/h1-4,7-8,15-17H,5-6,9-14H2,(H,26,32). The van der Waals surface area contributed by atoms with Gasteiger partial charge in [-0.1, -0.05) is 18.2 Å². The van der Waals surface area contributed by atoms with Crippen LogP contribution in [0.1, 0.15) is 34.8 Å². The molecule has 0 atom stereocenters. The molecule has 0 spiro atoms. The van der Waals surface area contributed by atoms with Gasteiger partial charge in [0.1, 0.15) is 11.3 Å². The second-order valence-electron chi connectivity index (χ2n) is 8.73. The molecule has 4 aromatic rings. The van der Waals surface area contributed by atoms with Crippen molar-refractivity contribution in [3.8, 4) is 17.4 Å². The maximum absolute atomic E-state index is 13.0. The van der Waals surface area contributed by atoms with E-state index < -0.39 is 0 Å². The van der Waals surface area contributed by atoms with Crippen molar-refractivity contribution in [3.63, 3.8) is 0 Å². The Morgan fingerprint density at radius 1 is 1.15 bits per heavy atom. The summed E-state index contributed by atoms with van der Waals surface area (Å²) in [5, 5.41) is 8.59. The summed E-state index contributed by atoms with van der Waals surface area (Å²) in [4.78, 5) is 24.5. The lowest BCUT2D eigenvalue weighted by Crippen LogP contribution is -2.41. The summed E-state index contributed by atoms with van der Waals surface area (Å²) < 4.78 is 13.1. The number of fused-ring (bicyclic) bond motifs is 1. The lowest BCUT2D eigenvalue weighted by Gasteiger charge is -2.26. The zero-order valence-electron chi connectivity index (χ0n) is 18.8. The molecule has 174 valence electrons. The summed E-state index contributed by atoms with van der Waals surface area (Å²) in [6, 6.07) is 11.7. The van der Waals surface area contributed by atoms with Gasteiger partial charge in [-0.25, -0.2) is 14.6 Å². The lowest BCUT2D eigenvalue weighted by atomic mass is 10.1. The number of furan rings is 1. The zero-order valence-corrected chi connectivity index (χ0v) is 18.8. The molecule has 0 bridgehead atoms. The molecule has 1 aliphatic carbocycles. The third-order valence-corrected chi connectivity index (χ3v) is 6.34. The van der Waals surface area contributed by atoms with Gasteiger partial charge in [0, 0.05) is 43.7 Å². The van der Waals surface area contributed by atoms with Crippen molar-refractivity contribution in [1.29, 1.82) is 0 Å². The Labute approximate surface area is 196 Å². The average Bonchev–Trinajstić information content (AvgIpc) is 3.46. The number of hydrogen-bond acceptors (Lipinski definition) is 7. The van der Waals surface area contributed by atoms with Crippen LogP contribution in [0.3, 0.4) is 0 Å². The number of aromatic nitrogens is 4. The van der Waals surface area contributed by atoms with Crippen molar-refractivity contribution in [2.45, 2.75) is 18.8 Å². The van der Waals surface area contributed by atoms with Gasteiger partial charge < -0.3 is 14.5 Å². The number of carbonyl (C=O) groups is 1. The Morgan fingerprint density at radius 3 is 2.82 bits per heavy atom. The van der Waals surface area contributed by atoms with Gasteiger partial charge in [0.05, 0.1) is 30.7 Å². The van der Waals surface area contributed by atoms with Crippen LogP contribution in [0.4, 0.5) is 0 Å². The van der Waals surface area contributed by atoms with Gasteiger partial charge in [0.25, 0.3) is 11.9 Å². The number of rotatable bonds is 7. The first-order valence-corrected chi connectivity index (χ1v) is 11.7. The molecule has 1 aliphatic heterocycles. The molecule has 1 amide bonds. The minimum absolute atomic E-state index is 0.102. The molecule has 2 fully saturated rings. The summed E-state index contributed by atoms with van der Waals surface area (Å²) >= 11 is 0. The van der Waals surface area contributed by atoms with Crippen LogP contribution < -0.4 is 5.32 Å². The summed E-state index contributed by atoms with van der Waals surface area (Å²) in [5.74, 6) is 1.30. The normalized spacial score (nSPS) is 16.7. The molecule has 0 unspecified atom stereocenters. The van der Waals surface area contributed by atoms with Gasteiger partial charge in [-0.3, -0.25) is 9.69 Å². The summed E-state index contributed by atoms with van der Waals surface area (Å²) in [6.07, 6.45) is 5.40. The maximum atomic E-state index is 13.0. The second-order valence-corrected chi connectivity index (χ2v) is 8.73. The fourth-order valence-corrected chi connectivity index (χ4v) is 4.39. The molecule has 3 aromatic heterocycles. The largest absolute Gasteiger partial charge is 0.454 e. The summed E-state index contributed by atoms with van der Waals surface area (Å²) in [6.45, 7) is 4.70. The molecule has 0 radical (unpaired) electrons. The number of hydrogen-bond donors (Lipinski definition) is 1. The van der Waals surface area contributed by atoms with Gasteiger partial charge in [-0.05, 0) is 31.0 Å². The Balaban J connectivity index is 1.24. The molecule has 9 nitrogen and oxygen atoms in total. The Bertz CT molecular complexity index is 1290. The molecule has 2 aliphatic rings. The topological polar surface area (TPSA) is 98.3 Å². The average molecular weight is 459 g/mol. The van der Waals surface area contributed by atoms with Crippen LogP contribution in [0.5, 0.6) is 0 Å². The Kier molecular flexibility index (Phi) is 5.56. The summed E-state index contributed by atoms with van der Waals surface area (Å²) in [5.41, 5.74) is 2.97. The number of carbonyl (C=O) groups excluding carboxylic acids is 1. The fourth-order valence-electron chi connectivity index (χ4n) is 4.39. The number of amides is 1. The molecule has 6 rings (SSSR count). The highest BCUT2D eigenvalue weighted by molar-refractivity contribution is 5.95. The molecule has 9 heteroatoms. The van der Waals surface area contributed by atoms with E-state index in [4.69, 9.17) is 14.1 Å². The summed E-state index contributed by atoms with van der Waals surface area (Å²) in [7, 11) is 0. The molecule has 4 heterocycles. The van der Waals surface area contributed by atoms with Crippen molar-refractivity contribution in [3.05, 3.63) is 60.0 Å². The van der Waals surface area contributed by atoms with E-state index in [0.717, 1.165) is 62.4 Å². The van der Waals surface area contributed by atoms with Crippen molar-refractivity contribution in [1.82, 2.24) is 30.0 Å². The number of nitrogens with zero attached hydrogens (tertiary/aromatic N) is 5. The van der Waals surface area contributed by atoms with E-state index in [1.807, 2.05) is 36.4 Å². The van der Waals surface area contributed by atoms with Crippen LogP contribution in [0.2, 0.25) is 0 Å². The number of morpholine rings is 1. The van der Waals surface area contributed by atoms with E-state index in [0.29, 0.717) is 35.4 Å². The number of ether oxygens (including phenoxy) is 1. The SMILES string of the molecule is O=C(NCCN1CCOCC1)c1cnn(-c2nccc(-c3cc4ccccc4o3)n2)c1C1CC1. The van der Waals surface area contributed by atoms with Gasteiger partial charge in [0.2, 0.25) is 0 Å².